The van der Waals surface area contributed by atoms with Crippen molar-refractivity contribution in [3.63, 3.8) is 0 Å². The number of fused-ring (bicyclic) bond motifs is 2. The number of rotatable bonds is 4. The second-order valence-corrected chi connectivity index (χ2v) is 12.1. The Morgan fingerprint density at radius 3 is 2.36 bits per heavy atom. The van der Waals surface area contributed by atoms with E-state index in [2.05, 4.69) is 10.3 Å². The summed E-state index contributed by atoms with van der Waals surface area (Å²) in [6.07, 6.45) is 5.99. The van der Waals surface area contributed by atoms with E-state index in [1.165, 1.54) is 37.8 Å². The molecule has 2 aliphatic carbocycles. The van der Waals surface area contributed by atoms with E-state index in [9.17, 15) is 28.0 Å². The van der Waals surface area contributed by atoms with E-state index in [0.717, 1.165) is 19.0 Å². The van der Waals surface area contributed by atoms with Crippen LogP contribution in [0.4, 0.5) is 18.9 Å². The minimum Gasteiger partial charge on any atom is -0.342 e. The summed E-state index contributed by atoms with van der Waals surface area (Å²) >= 11 is 0. The third kappa shape index (κ3) is 5.14. The van der Waals surface area contributed by atoms with Gasteiger partial charge >= 0.3 is 6.18 Å². The number of carbonyl (C=O) groups is 2. The number of amides is 2. The Morgan fingerprint density at radius 2 is 1.71 bits per heavy atom. The van der Waals surface area contributed by atoms with Gasteiger partial charge in [0.1, 0.15) is 5.65 Å². The number of hydrogen-bond donors (Lipinski definition) is 1. The van der Waals surface area contributed by atoms with Gasteiger partial charge in [0, 0.05) is 37.6 Å². The van der Waals surface area contributed by atoms with Crippen LogP contribution in [0.15, 0.2) is 36.7 Å². The van der Waals surface area contributed by atoms with Gasteiger partial charge in [-0.15, -0.1) is 0 Å². The first-order valence-electron chi connectivity index (χ1n) is 14.8. The molecule has 1 aliphatic heterocycles. The predicted molar refractivity (Wildman–Crippen MR) is 152 cm³/mol. The largest absolute Gasteiger partial charge is 0.419 e. The molecule has 2 saturated carbocycles. The Bertz CT molecular complexity index is 1550. The normalized spacial score (nSPS) is 23.0. The molecule has 10 heteroatoms. The number of carbonyl (C=O) groups excluding carboxylic acids is 2. The van der Waals surface area contributed by atoms with Crippen molar-refractivity contribution in [1.29, 1.82) is 5.26 Å². The molecule has 1 aromatic carbocycles. The highest BCUT2D eigenvalue weighted by Crippen LogP contribution is 2.47. The van der Waals surface area contributed by atoms with Crippen LogP contribution >= 0.6 is 0 Å². The zero-order chi connectivity index (χ0) is 29.6. The van der Waals surface area contributed by atoms with Crippen LogP contribution in [0.2, 0.25) is 0 Å². The summed E-state index contributed by atoms with van der Waals surface area (Å²) in [4.78, 5) is 32.6. The number of nitrogens with zero attached hydrogens (tertiary/aromatic N) is 4. The molecule has 2 amide bonds. The van der Waals surface area contributed by atoms with Crippen LogP contribution in [-0.2, 0) is 18.0 Å². The van der Waals surface area contributed by atoms with Crippen molar-refractivity contribution in [2.45, 2.75) is 63.5 Å². The lowest BCUT2D eigenvalue weighted by Crippen LogP contribution is -2.41. The summed E-state index contributed by atoms with van der Waals surface area (Å²) in [6, 6.07) is 7.87. The van der Waals surface area contributed by atoms with Gasteiger partial charge in [-0.2, -0.15) is 18.4 Å². The lowest BCUT2D eigenvalue weighted by Gasteiger charge is -2.34. The second kappa shape index (κ2) is 11.1. The fourth-order valence-corrected chi connectivity index (χ4v) is 7.65. The Balaban J connectivity index is 1.26. The van der Waals surface area contributed by atoms with Gasteiger partial charge in [-0.05, 0) is 61.1 Å². The van der Waals surface area contributed by atoms with Crippen LogP contribution < -0.4 is 5.32 Å². The summed E-state index contributed by atoms with van der Waals surface area (Å²) in [5.74, 6) is 0.619. The smallest absolute Gasteiger partial charge is 0.342 e. The summed E-state index contributed by atoms with van der Waals surface area (Å²) in [5.41, 5.74) is -0.635. The molecule has 2 aromatic heterocycles. The number of nitrogens with one attached hydrogen (secondary N) is 1. The molecule has 3 fully saturated rings. The molecule has 1 N–H and O–H groups in total. The second-order valence-electron chi connectivity index (χ2n) is 12.1. The number of aryl methyl sites for hydroxylation is 1. The molecule has 0 radical (unpaired) electrons. The minimum absolute atomic E-state index is 0.0138. The molecule has 42 heavy (non-hydrogen) atoms. The maximum Gasteiger partial charge on any atom is 0.419 e. The number of anilines is 1. The molecule has 1 saturated heterocycles. The van der Waals surface area contributed by atoms with Gasteiger partial charge in [0.25, 0.3) is 5.91 Å². The van der Waals surface area contributed by atoms with Crippen LogP contribution in [0.5, 0.6) is 0 Å². The first-order chi connectivity index (χ1) is 20.2. The molecule has 3 aromatic rings. The van der Waals surface area contributed by atoms with Gasteiger partial charge < -0.3 is 14.8 Å². The standard InChI is InChI=1S/C32H34F3N5O2/c1-39-18-25(19-10-12-40(13-11-19)31(42)23-14-20-6-2-3-7-21(20)15-23)27-28(32(33,34)35)26(17-37-29(27)39)38-30(41)24-9-5-4-8-22(24)16-36/h4-5,8-9,17-21,23H,2-3,6-7,10-15H2,1H3,(H,38,41)/t20-,21+,23?. The van der Waals surface area contributed by atoms with Gasteiger partial charge in [-0.3, -0.25) is 9.59 Å². The Kier molecular flexibility index (Phi) is 7.46. The van der Waals surface area contributed by atoms with E-state index in [4.69, 9.17) is 0 Å². The highest BCUT2D eigenvalue weighted by Gasteiger charge is 2.42. The number of nitriles is 1. The van der Waals surface area contributed by atoms with E-state index < -0.39 is 23.3 Å². The summed E-state index contributed by atoms with van der Waals surface area (Å²) in [6.45, 7) is 1.03. The number of alkyl halides is 3. The monoisotopic (exact) mass is 577 g/mol. The molecule has 3 heterocycles. The van der Waals surface area contributed by atoms with Crippen molar-refractivity contribution >= 4 is 28.5 Å². The maximum atomic E-state index is 14.7. The van der Waals surface area contributed by atoms with Crippen molar-refractivity contribution < 1.29 is 22.8 Å². The zero-order valence-corrected chi connectivity index (χ0v) is 23.6. The molecular formula is C32H34F3N5O2. The predicted octanol–water partition coefficient (Wildman–Crippen LogP) is 6.64. The van der Waals surface area contributed by atoms with E-state index in [1.807, 2.05) is 11.0 Å². The van der Waals surface area contributed by atoms with Crippen LogP contribution in [0.1, 0.15) is 84.3 Å². The number of likely N-dealkylation sites (tertiary alicyclic amines) is 1. The third-order valence-electron chi connectivity index (χ3n) is 9.67. The van der Waals surface area contributed by atoms with Crippen molar-refractivity contribution in [2.24, 2.45) is 24.8 Å². The quantitative estimate of drug-likeness (QED) is 0.377. The zero-order valence-electron chi connectivity index (χ0n) is 23.6. The average Bonchev–Trinajstić information content (AvgIpc) is 3.57. The highest BCUT2D eigenvalue weighted by atomic mass is 19.4. The molecular weight excluding hydrogens is 543 g/mol. The molecule has 3 atom stereocenters. The first-order valence-corrected chi connectivity index (χ1v) is 14.8. The van der Waals surface area contributed by atoms with Crippen LogP contribution in [0.25, 0.3) is 11.0 Å². The fraction of sp³-hybridized carbons (Fsp3) is 0.500. The lowest BCUT2D eigenvalue weighted by atomic mass is 9.82. The number of pyridine rings is 1. The van der Waals surface area contributed by atoms with Crippen molar-refractivity contribution in [1.82, 2.24) is 14.5 Å². The van der Waals surface area contributed by atoms with Gasteiger partial charge in [0.05, 0.1) is 34.6 Å². The van der Waals surface area contributed by atoms with Crippen LogP contribution in [0.3, 0.4) is 0 Å². The van der Waals surface area contributed by atoms with E-state index in [-0.39, 0.29) is 39.9 Å². The van der Waals surface area contributed by atoms with Crippen LogP contribution in [0, 0.1) is 29.1 Å². The number of piperidine rings is 1. The summed E-state index contributed by atoms with van der Waals surface area (Å²) < 4.78 is 45.7. The minimum atomic E-state index is -4.77. The Labute approximate surface area is 242 Å². The Hall–Kier alpha value is -3.87. The molecule has 3 aliphatic rings. The number of hydrogen-bond acceptors (Lipinski definition) is 4. The van der Waals surface area contributed by atoms with Gasteiger partial charge in [0.15, 0.2) is 0 Å². The third-order valence-corrected chi connectivity index (χ3v) is 9.67. The van der Waals surface area contributed by atoms with Gasteiger partial charge in [-0.25, -0.2) is 4.98 Å². The average molecular weight is 578 g/mol. The van der Waals surface area contributed by atoms with Crippen molar-refractivity contribution in [3.05, 3.63) is 58.9 Å². The Morgan fingerprint density at radius 1 is 1.05 bits per heavy atom. The highest BCUT2D eigenvalue weighted by molar-refractivity contribution is 6.07. The van der Waals surface area contributed by atoms with Gasteiger partial charge in [0.2, 0.25) is 5.91 Å². The molecule has 0 bridgehead atoms. The molecule has 6 rings (SSSR count). The maximum absolute atomic E-state index is 14.7. The molecule has 0 spiro atoms. The SMILES string of the molecule is Cn1cc(C2CCN(C(=O)C3C[C@H]4CCCC[C@H]4C3)CC2)c2c(C(F)(F)F)c(NC(=O)c3ccccc3C#N)cnc21. The van der Waals surface area contributed by atoms with Crippen LogP contribution in [-0.4, -0.2) is 39.4 Å². The van der Waals surface area contributed by atoms with Crippen molar-refractivity contribution in [2.75, 3.05) is 18.4 Å². The lowest BCUT2D eigenvalue weighted by molar-refractivity contribution is -0.136. The number of aromatic nitrogens is 2. The van der Waals surface area contributed by atoms with E-state index >= 15 is 0 Å². The van der Waals surface area contributed by atoms with E-state index in [0.29, 0.717) is 43.3 Å². The van der Waals surface area contributed by atoms with Crippen molar-refractivity contribution in [3.8, 4) is 6.07 Å². The topological polar surface area (TPSA) is 91.0 Å². The molecule has 220 valence electrons. The summed E-state index contributed by atoms with van der Waals surface area (Å²) in [5, 5.41) is 11.7. The first kappa shape index (κ1) is 28.3. The fourth-order valence-electron chi connectivity index (χ4n) is 7.65. The number of benzene rings is 1. The molecule has 1 unspecified atom stereocenters. The number of halogens is 3. The molecule has 7 nitrogen and oxygen atoms in total. The summed E-state index contributed by atoms with van der Waals surface area (Å²) in [7, 11) is 1.67. The van der Waals surface area contributed by atoms with Gasteiger partial charge in [-0.1, -0.05) is 37.8 Å². The van der Waals surface area contributed by atoms with E-state index in [1.54, 1.807) is 29.9 Å².